The van der Waals surface area contributed by atoms with Crippen LogP contribution < -0.4 is 0 Å². The third kappa shape index (κ3) is 4.66. The maximum absolute atomic E-state index is 11.5. The zero-order valence-electron chi connectivity index (χ0n) is 13.1. The summed E-state index contributed by atoms with van der Waals surface area (Å²) in [6.07, 6.45) is 1.96. The molecule has 0 unspecified atom stereocenters. The fourth-order valence-electron chi connectivity index (χ4n) is 1.63. The molecule has 108 valence electrons. The number of ether oxygens (including phenoxy) is 1. The minimum absolute atomic E-state index is 0.224. The van der Waals surface area contributed by atoms with Gasteiger partial charge in [0, 0.05) is 0 Å². The monoisotopic (exact) mass is 268 g/mol. The van der Waals surface area contributed by atoms with E-state index in [1.165, 1.54) is 0 Å². The van der Waals surface area contributed by atoms with Crippen molar-refractivity contribution in [2.45, 2.75) is 71.7 Å². The van der Waals surface area contributed by atoms with Gasteiger partial charge in [0.1, 0.15) is 5.60 Å². The molecule has 1 aliphatic rings. The summed E-state index contributed by atoms with van der Waals surface area (Å²) in [4.78, 5) is 11.5. The first-order chi connectivity index (χ1) is 8.43. The molecule has 1 heterocycles. The Kier molecular flexibility index (Phi) is 4.53. The van der Waals surface area contributed by atoms with Gasteiger partial charge < -0.3 is 14.0 Å². The van der Waals surface area contributed by atoms with Crippen LogP contribution in [0.4, 0.5) is 0 Å². The number of hydrogen-bond acceptors (Lipinski definition) is 4. The Morgan fingerprint density at radius 2 is 1.63 bits per heavy atom. The average molecular weight is 268 g/mol. The van der Waals surface area contributed by atoms with Gasteiger partial charge in [-0.1, -0.05) is 12.1 Å². The predicted molar refractivity (Wildman–Crippen MR) is 75.7 cm³/mol. The number of carbonyl (C=O) groups excluding carboxylic acids is 1. The number of esters is 1. The van der Waals surface area contributed by atoms with Gasteiger partial charge >= 0.3 is 13.1 Å². The molecule has 5 heteroatoms. The van der Waals surface area contributed by atoms with Crippen LogP contribution in [-0.2, 0) is 18.8 Å². The van der Waals surface area contributed by atoms with Gasteiger partial charge in [0.2, 0.25) is 0 Å². The minimum Gasteiger partial charge on any atom is -0.460 e. The molecule has 4 nitrogen and oxygen atoms in total. The summed E-state index contributed by atoms with van der Waals surface area (Å²) >= 11 is 0. The first kappa shape index (κ1) is 16.2. The Morgan fingerprint density at radius 3 is 2.05 bits per heavy atom. The van der Waals surface area contributed by atoms with Crippen LogP contribution in [0.25, 0.3) is 0 Å². The van der Waals surface area contributed by atoms with Crippen LogP contribution in [0.5, 0.6) is 0 Å². The molecular formula is C14H25BO4. The van der Waals surface area contributed by atoms with Crippen LogP contribution in [0.3, 0.4) is 0 Å². The third-order valence-corrected chi connectivity index (χ3v) is 3.27. The second-order valence-corrected chi connectivity index (χ2v) is 6.84. The van der Waals surface area contributed by atoms with Gasteiger partial charge in [0.05, 0.1) is 17.6 Å². The summed E-state index contributed by atoms with van der Waals surface area (Å²) in [6, 6.07) is 0. The Hall–Kier alpha value is -0.805. The van der Waals surface area contributed by atoms with E-state index in [1.54, 1.807) is 12.1 Å². The number of rotatable bonds is 3. The van der Waals surface area contributed by atoms with Crippen molar-refractivity contribution in [1.82, 2.24) is 0 Å². The summed E-state index contributed by atoms with van der Waals surface area (Å²) in [6.45, 7) is 13.5. The van der Waals surface area contributed by atoms with Crippen molar-refractivity contribution in [3.8, 4) is 0 Å². The lowest BCUT2D eigenvalue weighted by Gasteiger charge is -2.32. The van der Waals surface area contributed by atoms with E-state index in [2.05, 4.69) is 0 Å². The molecule has 0 radical (unpaired) electrons. The van der Waals surface area contributed by atoms with E-state index in [4.69, 9.17) is 14.0 Å². The van der Waals surface area contributed by atoms with E-state index in [0.717, 1.165) is 0 Å². The molecule has 0 N–H and O–H groups in total. The highest BCUT2D eigenvalue weighted by Gasteiger charge is 2.49. The van der Waals surface area contributed by atoms with Crippen molar-refractivity contribution >= 4 is 13.1 Å². The van der Waals surface area contributed by atoms with Crippen LogP contribution in [0.1, 0.15) is 54.9 Å². The average Bonchev–Trinajstić information content (AvgIpc) is 2.31. The third-order valence-electron chi connectivity index (χ3n) is 3.27. The smallest absolute Gasteiger partial charge is 0.460 e. The zero-order chi connectivity index (χ0) is 14.9. The maximum Gasteiger partial charge on any atom is 0.486 e. The summed E-state index contributed by atoms with van der Waals surface area (Å²) in [5.41, 5.74) is -1.16. The lowest BCUT2D eigenvalue weighted by Crippen LogP contribution is -2.41. The lowest BCUT2D eigenvalue weighted by atomic mass is 9.90. The van der Waals surface area contributed by atoms with Gasteiger partial charge in [-0.25, -0.2) is 0 Å². The Morgan fingerprint density at radius 1 is 1.16 bits per heavy atom. The quantitative estimate of drug-likeness (QED) is 0.583. The molecule has 19 heavy (non-hydrogen) atoms. The Labute approximate surface area is 116 Å². The molecule has 0 aromatic carbocycles. The summed E-state index contributed by atoms with van der Waals surface area (Å²) in [5, 5.41) is 0. The fourth-order valence-corrected chi connectivity index (χ4v) is 1.63. The highest BCUT2D eigenvalue weighted by molar-refractivity contribution is 6.51. The zero-order valence-corrected chi connectivity index (χ0v) is 13.1. The molecule has 1 rings (SSSR count). The first-order valence-electron chi connectivity index (χ1n) is 6.67. The van der Waals surface area contributed by atoms with Gasteiger partial charge in [-0.2, -0.15) is 0 Å². The van der Waals surface area contributed by atoms with Gasteiger partial charge in [-0.05, 0) is 48.5 Å². The van der Waals surface area contributed by atoms with Crippen molar-refractivity contribution in [2.24, 2.45) is 0 Å². The maximum atomic E-state index is 11.5. The molecule has 0 aromatic heterocycles. The van der Waals surface area contributed by atoms with Gasteiger partial charge in [0.15, 0.2) is 0 Å². The van der Waals surface area contributed by atoms with E-state index >= 15 is 0 Å². The summed E-state index contributed by atoms with van der Waals surface area (Å²) in [7, 11) is -0.410. The molecule has 0 aliphatic carbocycles. The predicted octanol–water partition coefficient (Wildman–Crippen LogP) is 2.91. The number of carbonyl (C=O) groups is 1. The van der Waals surface area contributed by atoms with Crippen molar-refractivity contribution < 1.29 is 18.8 Å². The minimum atomic E-state index is -0.449. The van der Waals surface area contributed by atoms with Crippen LogP contribution in [0.15, 0.2) is 12.1 Å². The van der Waals surface area contributed by atoms with Gasteiger partial charge in [-0.15, -0.1) is 0 Å². The molecule has 1 aliphatic heterocycles. The van der Waals surface area contributed by atoms with Crippen molar-refractivity contribution in [1.29, 1.82) is 0 Å². The van der Waals surface area contributed by atoms with E-state index in [0.29, 0.717) is 0 Å². The molecule has 1 fully saturated rings. The molecule has 0 bridgehead atoms. The summed E-state index contributed by atoms with van der Waals surface area (Å²) < 4.78 is 16.8. The molecule has 1 saturated heterocycles. The van der Waals surface area contributed by atoms with Crippen molar-refractivity contribution in [3.05, 3.63) is 12.1 Å². The second-order valence-electron chi connectivity index (χ2n) is 6.84. The van der Waals surface area contributed by atoms with Gasteiger partial charge in [0.25, 0.3) is 0 Å². The highest BCUT2D eigenvalue weighted by Crippen LogP contribution is 2.36. The highest BCUT2D eigenvalue weighted by atomic mass is 16.7. The van der Waals surface area contributed by atoms with Crippen LogP contribution in [-0.4, -0.2) is 29.9 Å². The molecular weight excluding hydrogens is 243 g/mol. The van der Waals surface area contributed by atoms with E-state index < -0.39 is 12.7 Å². The van der Waals surface area contributed by atoms with Crippen LogP contribution in [0.2, 0.25) is 0 Å². The SMILES string of the molecule is CC(C)(C)OC(=O)CC=CB1OC(C)(C)C(C)(C)O1. The van der Waals surface area contributed by atoms with Gasteiger partial charge in [-0.3, -0.25) is 4.79 Å². The van der Waals surface area contributed by atoms with E-state index in [9.17, 15) is 4.79 Å². The Bertz CT molecular complexity index is 350. The van der Waals surface area contributed by atoms with Crippen molar-refractivity contribution in [2.75, 3.05) is 0 Å². The topological polar surface area (TPSA) is 44.8 Å². The molecule has 0 spiro atoms. The molecule has 0 aromatic rings. The molecule has 0 atom stereocenters. The number of hydrogen-bond donors (Lipinski definition) is 0. The standard InChI is InChI=1S/C14H25BO4/c1-12(2,3)17-11(16)9-8-10-15-18-13(4,5)14(6,7)19-15/h8,10H,9H2,1-7H3. The Balaban J connectivity index is 2.46. The fraction of sp³-hybridized carbons (Fsp3) is 0.786. The molecule has 0 amide bonds. The van der Waals surface area contributed by atoms with Crippen LogP contribution >= 0.6 is 0 Å². The van der Waals surface area contributed by atoms with E-state index in [-0.39, 0.29) is 23.6 Å². The van der Waals surface area contributed by atoms with Crippen molar-refractivity contribution in [3.63, 3.8) is 0 Å². The van der Waals surface area contributed by atoms with Crippen LogP contribution in [0, 0.1) is 0 Å². The molecule has 0 saturated carbocycles. The largest absolute Gasteiger partial charge is 0.486 e. The second kappa shape index (κ2) is 5.29. The normalized spacial score (nSPS) is 21.9. The lowest BCUT2D eigenvalue weighted by molar-refractivity contribution is -0.153. The first-order valence-corrected chi connectivity index (χ1v) is 6.67. The summed E-state index contributed by atoms with van der Waals surface area (Å²) in [5.74, 6) is 1.51. The van der Waals surface area contributed by atoms with E-state index in [1.807, 2.05) is 48.5 Å².